The van der Waals surface area contributed by atoms with E-state index in [4.69, 9.17) is 9.97 Å². The van der Waals surface area contributed by atoms with Gasteiger partial charge in [0.15, 0.2) is 11.3 Å². The molecule has 0 aliphatic carbocycles. The summed E-state index contributed by atoms with van der Waals surface area (Å²) in [5.74, 6) is 0. The highest BCUT2D eigenvalue weighted by Crippen LogP contribution is 2.24. The van der Waals surface area contributed by atoms with E-state index in [0.717, 1.165) is 28.6 Å². The van der Waals surface area contributed by atoms with E-state index < -0.39 is 0 Å². The van der Waals surface area contributed by atoms with Gasteiger partial charge in [-0.2, -0.15) is 9.78 Å². The molecule has 0 bridgehead atoms. The third-order valence-electron chi connectivity index (χ3n) is 5.81. The maximum Gasteiger partial charge on any atom is 0.265 e. The normalized spacial score (nSPS) is 11.8. The third kappa shape index (κ3) is 3.53. The van der Waals surface area contributed by atoms with Crippen molar-refractivity contribution in [1.82, 2.24) is 24.2 Å². The van der Waals surface area contributed by atoms with Crippen LogP contribution in [0.15, 0.2) is 101 Å². The Morgan fingerprint density at radius 3 is 2.24 bits per heavy atom. The van der Waals surface area contributed by atoms with E-state index >= 15 is 0 Å². The summed E-state index contributed by atoms with van der Waals surface area (Å²) in [7, 11) is 0. The lowest BCUT2D eigenvalue weighted by Crippen LogP contribution is -2.21. The fraction of sp³-hybridized carbons (Fsp3) is 0.0741. The average molecular weight is 444 g/mol. The largest absolute Gasteiger partial charge is 0.298 e. The van der Waals surface area contributed by atoms with Gasteiger partial charge in [-0.1, -0.05) is 72.8 Å². The SMILES string of the molecule is O=c1c2c3nc4ccccc4nc3n(N=Cc3ccccc3)c2ncn1CCc1ccccc1. The molecule has 6 rings (SSSR count). The minimum Gasteiger partial charge on any atom is -0.298 e. The van der Waals surface area contributed by atoms with E-state index in [-0.39, 0.29) is 5.56 Å². The number of rotatable bonds is 5. The molecule has 0 N–H and O–H groups in total. The van der Waals surface area contributed by atoms with Gasteiger partial charge in [-0.3, -0.25) is 9.36 Å². The number of hydrogen-bond acceptors (Lipinski definition) is 5. The van der Waals surface area contributed by atoms with E-state index in [1.54, 1.807) is 21.8 Å². The number of aromatic nitrogens is 5. The first-order valence-electron chi connectivity index (χ1n) is 11.1. The lowest BCUT2D eigenvalue weighted by atomic mass is 10.1. The molecule has 0 atom stereocenters. The van der Waals surface area contributed by atoms with Crippen molar-refractivity contribution in [3.63, 3.8) is 0 Å². The summed E-state index contributed by atoms with van der Waals surface area (Å²) in [4.78, 5) is 27.8. The van der Waals surface area contributed by atoms with Crippen molar-refractivity contribution in [2.24, 2.45) is 5.10 Å². The Bertz CT molecular complexity index is 1720. The Balaban J connectivity index is 1.55. The van der Waals surface area contributed by atoms with Crippen LogP contribution in [0, 0.1) is 0 Å². The van der Waals surface area contributed by atoms with E-state index in [0.29, 0.717) is 28.7 Å². The number of para-hydroxylation sites is 2. The van der Waals surface area contributed by atoms with Crippen LogP contribution in [0.2, 0.25) is 0 Å². The second-order valence-electron chi connectivity index (χ2n) is 8.03. The maximum atomic E-state index is 13.6. The van der Waals surface area contributed by atoms with Crippen LogP contribution in [-0.4, -0.2) is 30.4 Å². The highest BCUT2D eigenvalue weighted by molar-refractivity contribution is 6.04. The van der Waals surface area contributed by atoms with Gasteiger partial charge in [0, 0.05) is 6.54 Å². The lowest BCUT2D eigenvalue weighted by molar-refractivity contribution is 0.661. The molecule has 0 aliphatic heterocycles. The van der Waals surface area contributed by atoms with Crippen molar-refractivity contribution < 1.29 is 0 Å². The Morgan fingerprint density at radius 1 is 0.794 bits per heavy atom. The first-order chi connectivity index (χ1) is 16.8. The molecule has 6 aromatic rings. The Kier molecular flexibility index (Phi) is 4.92. The summed E-state index contributed by atoms with van der Waals surface area (Å²) < 4.78 is 3.25. The van der Waals surface area contributed by atoms with Crippen molar-refractivity contribution in [1.29, 1.82) is 0 Å². The molecule has 7 heteroatoms. The highest BCUT2D eigenvalue weighted by atomic mass is 16.1. The molecule has 0 amide bonds. The van der Waals surface area contributed by atoms with Crippen molar-refractivity contribution in [2.45, 2.75) is 13.0 Å². The summed E-state index contributed by atoms with van der Waals surface area (Å²) in [6, 6.07) is 27.5. The van der Waals surface area contributed by atoms with Crippen molar-refractivity contribution >= 4 is 39.4 Å². The zero-order valence-electron chi connectivity index (χ0n) is 18.2. The van der Waals surface area contributed by atoms with Gasteiger partial charge in [-0.15, -0.1) is 0 Å². The third-order valence-corrected chi connectivity index (χ3v) is 5.81. The van der Waals surface area contributed by atoms with Crippen molar-refractivity contribution in [3.05, 3.63) is 113 Å². The van der Waals surface area contributed by atoms with Gasteiger partial charge in [-0.25, -0.2) is 15.0 Å². The lowest BCUT2D eigenvalue weighted by Gasteiger charge is -2.05. The zero-order valence-corrected chi connectivity index (χ0v) is 18.2. The van der Waals surface area contributed by atoms with Crippen molar-refractivity contribution in [3.8, 4) is 0 Å². The van der Waals surface area contributed by atoms with Gasteiger partial charge in [-0.05, 0) is 29.7 Å². The van der Waals surface area contributed by atoms with Crippen LogP contribution in [0.1, 0.15) is 11.1 Å². The maximum absolute atomic E-state index is 13.6. The summed E-state index contributed by atoms with van der Waals surface area (Å²) in [6.45, 7) is 0.521. The Morgan fingerprint density at radius 2 is 1.47 bits per heavy atom. The molecular weight excluding hydrogens is 424 g/mol. The first-order valence-corrected chi connectivity index (χ1v) is 11.1. The van der Waals surface area contributed by atoms with Gasteiger partial charge >= 0.3 is 0 Å². The predicted octanol–water partition coefficient (Wildman–Crippen LogP) is 4.42. The molecular formula is C27H20N6O. The van der Waals surface area contributed by atoms with Crippen molar-refractivity contribution in [2.75, 3.05) is 0 Å². The monoisotopic (exact) mass is 444 g/mol. The van der Waals surface area contributed by atoms with E-state index in [1.165, 1.54) is 0 Å². The highest BCUT2D eigenvalue weighted by Gasteiger charge is 2.19. The molecule has 0 saturated heterocycles. The minimum atomic E-state index is -0.149. The molecule has 0 fully saturated rings. The van der Waals surface area contributed by atoms with Crippen LogP contribution >= 0.6 is 0 Å². The number of hydrogen-bond donors (Lipinski definition) is 0. The van der Waals surface area contributed by atoms with Gasteiger partial charge in [0.25, 0.3) is 5.56 Å². The van der Waals surface area contributed by atoms with Gasteiger partial charge < -0.3 is 0 Å². The quantitative estimate of drug-likeness (QED) is 0.369. The molecule has 0 aliphatic rings. The average Bonchev–Trinajstić information content (AvgIpc) is 3.20. The van der Waals surface area contributed by atoms with E-state index in [2.05, 4.69) is 22.2 Å². The molecule has 7 nitrogen and oxygen atoms in total. The molecule has 3 aromatic carbocycles. The molecule has 0 spiro atoms. The van der Waals surface area contributed by atoms with Crippen LogP contribution < -0.4 is 5.56 Å². The summed E-state index contributed by atoms with van der Waals surface area (Å²) >= 11 is 0. The fourth-order valence-corrected chi connectivity index (χ4v) is 4.08. The van der Waals surface area contributed by atoms with Gasteiger partial charge in [0.05, 0.1) is 23.6 Å². The number of aryl methyl sites for hydroxylation is 2. The second-order valence-corrected chi connectivity index (χ2v) is 8.03. The summed E-state index contributed by atoms with van der Waals surface area (Å²) in [6.07, 6.45) is 4.05. The van der Waals surface area contributed by atoms with Crippen LogP contribution in [0.25, 0.3) is 33.2 Å². The smallest absolute Gasteiger partial charge is 0.265 e. The molecule has 164 valence electrons. The minimum absolute atomic E-state index is 0.149. The van der Waals surface area contributed by atoms with Crippen LogP contribution in [-0.2, 0) is 13.0 Å². The topological polar surface area (TPSA) is 78.0 Å². The molecule has 34 heavy (non-hydrogen) atoms. The first kappa shape index (κ1) is 20.0. The second kappa shape index (κ2) is 8.37. The zero-order chi connectivity index (χ0) is 22.9. The molecule has 0 unspecified atom stereocenters. The number of benzene rings is 3. The molecule has 3 aromatic heterocycles. The molecule has 3 heterocycles. The summed E-state index contributed by atoms with van der Waals surface area (Å²) in [5.41, 5.74) is 4.86. The number of fused-ring (bicyclic) bond motifs is 4. The van der Waals surface area contributed by atoms with Crippen LogP contribution in [0.3, 0.4) is 0 Å². The van der Waals surface area contributed by atoms with E-state index in [9.17, 15) is 4.79 Å². The Hall–Kier alpha value is -4.65. The fourth-order valence-electron chi connectivity index (χ4n) is 4.08. The standard InChI is InChI=1S/C27H20N6O/c34-27-23-24-26(31-22-14-8-7-13-21(22)30-24)33(29-17-20-11-5-2-6-12-20)25(23)28-18-32(27)16-15-19-9-3-1-4-10-19/h1-14,17-18H,15-16H2. The Labute approximate surface area is 194 Å². The molecule has 0 radical (unpaired) electrons. The number of nitrogens with zero attached hydrogens (tertiary/aromatic N) is 6. The molecule has 0 saturated carbocycles. The van der Waals surface area contributed by atoms with Gasteiger partial charge in [0.1, 0.15) is 10.9 Å². The van der Waals surface area contributed by atoms with Crippen LogP contribution in [0.5, 0.6) is 0 Å². The summed E-state index contributed by atoms with van der Waals surface area (Å²) in [5, 5.41) is 5.07. The van der Waals surface area contributed by atoms with E-state index in [1.807, 2.05) is 72.8 Å². The van der Waals surface area contributed by atoms with Crippen LogP contribution in [0.4, 0.5) is 0 Å². The predicted molar refractivity (Wildman–Crippen MR) is 134 cm³/mol. The van der Waals surface area contributed by atoms with Gasteiger partial charge in [0.2, 0.25) is 0 Å².